The third-order valence-corrected chi connectivity index (χ3v) is 4.68. The molecule has 0 aliphatic carbocycles. The van der Waals surface area contributed by atoms with Gasteiger partial charge in [0.2, 0.25) is 5.91 Å². The second kappa shape index (κ2) is 8.58. The summed E-state index contributed by atoms with van der Waals surface area (Å²) in [5.41, 5.74) is -2.99. The van der Waals surface area contributed by atoms with E-state index in [-0.39, 0.29) is 36.1 Å². The Morgan fingerprint density at radius 2 is 1.67 bits per heavy atom. The van der Waals surface area contributed by atoms with E-state index in [1.54, 1.807) is 4.90 Å². The molecule has 0 spiro atoms. The third-order valence-electron chi connectivity index (χ3n) is 4.46. The number of carbonyl (C=O) groups excluding carboxylic acids is 1. The van der Waals surface area contributed by atoms with E-state index in [0.29, 0.717) is 25.1 Å². The topological polar surface area (TPSA) is 32.3 Å². The molecule has 10 heteroatoms. The number of nitrogens with one attached hydrogen (secondary N) is 1. The average molecular weight is 417 g/mol. The van der Waals surface area contributed by atoms with E-state index in [1.807, 2.05) is 0 Å². The van der Waals surface area contributed by atoms with Gasteiger partial charge in [-0.05, 0) is 43.9 Å². The van der Waals surface area contributed by atoms with Crippen molar-refractivity contribution in [1.29, 1.82) is 0 Å². The van der Waals surface area contributed by atoms with Crippen molar-refractivity contribution in [3.8, 4) is 0 Å². The molecule has 0 saturated carbocycles. The largest absolute Gasteiger partial charge is 0.416 e. The molecule has 1 heterocycles. The summed E-state index contributed by atoms with van der Waals surface area (Å²) in [7, 11) is 0. The van der Waals surface area contributed by atoms with Crippen LogP contribution >= 0.6 is 11.6 Å². The van der Waals surface area contributed by atoms with Crippen LogP contribution in [0, 0.1) is 0 Å². The van der Waals surface area contributed by atoms with E-state index < -0.39 is 23.5 Å². The van der Waals surface area contributed by atoms with Crippen molar-refractivity contribution in [1.82, 2.24) is 4.90 Å². The van der Waals surface area contributed by atoms with Crippen LogP contribution in [-0.2, 0) is 17.1 Å². The predicted octanol–water partition coefficient (Wildman–Crippen LogP) is 5.15. The van der Waals surface area contributed by atoms with Crippen LogP contribution in [0.2, 0.25) is 0 Å². The van der Waals surface area contributed by atoms with E-state index >= 15 is 0 Å². The molecule has 3 nitrogen and oxygen atoms in total. The third kappa shape index (κ3) is 5.92. The number of hydrogen-bond acceptors (Lipinski definition) is 2. The van der Waals surface area contributed by atoms with Crippen molar-refractivity contribution in [3.05, 3.63) is 29.3 Å². The van der Waals surface area contributed by atoms with Gasteiger partial charge in [-0.25, -0.2) is 0 Å². The van der Waals surface area contributed by atoms with Gasteiger partial charge in [0.1, 0.15) is 5.88 Å². The Balaban J connectivity index is 2.09. The number of alkyl halides is 7. The van der Waals surface area contributed by atoms with Crippen molar-refractivity contribution in [2.24, 2.45) is 0 Å². The minimum absolute atomic E-state index is 0.0905. The lowest BCUT2D eigenvalue weighted by Gasteiger charge is -2.35. The maximum atomic E-state index is 12.9. The molecule has 1 saturated heterocycles. The molecular formula is C17H19ClF6N2O. The van der Waals surface area contributed by atoms with E-state index in [9.17, 15) is 31.1 Å². The van der Waals surface area contributed by atoms with E-state index in [2.05, 4.69) is 5.32 Å². The molecule has 0 bridgehead atoms. The Morgan fingerprint density at radius 1 is 1.07 bits per heavy atom. The van der Waals surface area contributed by atoms with E-state index in [4.69, 9.17) is 11.6 Å². The zero-order valence-corrected chi connectivity index (χ0v) is 15.0. The molecule has 152 valence electrons. The minimum Gasteiger partial charge on any atom is -0.385 e. The zero-order chi connectivity index (χ0) is 20.2. The van der Waals surface area contributed by atoms with Crippen LogP contribution < -0.4 is 5.32 Å². The van der Waals surface area contributed by atoms with E-state index in [1.165, 1.54) is 0 Å². The van der Waals surface area contributed by atoms with Gasteiger partial charge < -0.3 is 10.2 Å². The van der Waals surface area contributed by atoms with Gasteiger partial charge in [-0.1, -0.05) is 0 Å². The molecular weight excluding hydrogens is 398 g/mol. The number of hydrogen-bond donors (Lipinski definition) is 1. The van der Waals surface area contributed by atoms with Gasteiger partial charge in [-0.2, -0.15) is 26.3 Å². The highest BCUT2D eigenvalue weighted by Gasteiger charge is 2.37. The van der Waals surface area contributed by atoms with Gasteiger partial charge in [-0.15, -0.1) is 11.6 Å². The molecule has 2 rings (SSSR count). The number of likely N-dealkylation sites (tertiary alicyclic amines) is 1. The highest BCUT2D eigenvalue weighted by atomic mass is 35.5. The van der Waals surface area contributed by atoms with Crippen LogP contribution in [0.4, 0.5) is 32.0 Å². The SMILES string of the molecule is O=C(CCl)N1CCCC[C@@H]1CCNc1cc(C(F)(F)F)cc(C(F)(F)F)c1. The summed E-state index contributed by atoms with van der Waals surface area (Å²) in [5.74, 6) is -0.383. The molecule has 1 aliphatic heterocycles. The van der Waals surface area contributed by atoms with Gasteiger partial charge in [0.15, 0.2) is 0 Å². The lowest BCUT2D eigenvalue weighted by molar-refractivity contribution is -0.143. The summed E-state index contributed by atoms with van der Waals surface area (Å²) < 4.78 is 77.3. The van der Waals surface area contributed by atoms with Crippen molar-refractivity contribution >= 4 is 23.2 Å². The maximum Gasteiger partial charge on any atom is 0.416 e. The molecule has 0 radical (unpaired) electrons. The number of anilines is 1. The summed E-state index contributed by atoms with van der Waals surface area (Å²) in [6.07, 6.45) is -6.90. The first-order valence-electron chi connectivity index (χ1n) is 8.41. The van der Waals surface area contributed by atoms with Crippen LogP contribution in [0.1, 0.15) is 36.8 Å². The number of piperidine rings is 1. The Labute approximate surface area is 157 Å². The maximum absolute atomic E-state index is 12.9. The van der Waals surface area contributed by atoms with Crippen molar-refractivity contribution in [2.75, 3.05) is 24.3 Å². The number of nitrogens with zero attached hydrogens (tertiary/aromatic N) is 1. The quantitative estimate of drug-likeness (QED) is 0.532. The molecule has 1 aliphatic rings. The molecule has 0 aromatic heterocycles. The number of halogens is 7. The molecule has 1 N–H and O–H groups in total. The molecule has 27 heavy (non-hydrogen) atoms. The fourth-order valence-electron chi connectivity index (χ4n) is 3.15. The smallest absolute Gasteiger partial charge is 0.385 e. The highest BCUT2D eigenvalue weighted by molar-refractivity contribution is 6.27. The second-order valence-electron chi connectivity index (χ2n) is 6.38. The monoisotopic (exact) mass is 416 g/mol. The summed E-state index contributed by atoms with van der Waals surface area (Å²) in [6.45, 7) is 0.688. The first-order chi connectivity index (χ1) is 12.5. The molecule has 1 atom stereocenters. The average Bonchev–Trinajstić information content (AvgIpc) is 2.60. The normalized spacial score (nSPS) is 18.5. The predicted molar refractivity (Wildman–Crippen MR) is 89.6 cm³/mol. The van der Waals surface area contributed by atoms with Crippen LogP contribution in [0.5, 0.6) is 0 Å². The number of carbonyl (C=O) groups is 1. The molecule has 1 aromatic carbocycles. The Morgan fingerprint density at radius 3 is 2.19 bits per heavy atom. The van der Waals surface area contributed by atoms with Gasteiger partial charge in [0, 0.05) is 24.8 Å². The number of amides is 1. The molecule has 0 unspecified atom stereocenters. The number of benzene rings is 1. The molecule has 1 fully saturated rings. The van der Waals surface area contributed by atoms with Crippen molar-refractivity contribution < 1.29 is 31.1 Å². The summed E-state index contributed by atoms with van der Waals surface area (Å²) >= 11 is 5.58. The van der Waals surface area contributed by atoms with Crippen molar-refractivity contribution in [3.63, 3.8) is 0 Å². The summed E-state index contributed by atoms with van der Waals surface area (Å²) in [6, 6.07) is 1.26. The fraction of sp³-hybridized carbons (Fsp3) is 0.588. The van der Waals surface area contributed by atoms with E-state index in [0.717, 1.165) is 19.3 Å². The van der Waals surface area contributed by atoms with Gasteiger partial charge >= 0.3 is 12.4 Å². The van der Waals surface area contributed by atoms with Crippen LogP contribution in [-0.4, -0.2) is 35.8 Å². The molecule has 1 amide bonds. The Hall–Kier alpha value is -1.64. The summed E-state index contributed by atoms with van der Waals surface area (Å²) in [5, 5.41) is 2.62. The van der Waals surface area contributed by atoms with Gasteiger partial charge in [-0.3, -0.25) is 4.79 Å². The first kappa shape index (κ1) is 21.7. The minimum atomic E-state index is -4.88. The van der Waals surface area contributed by atoms with Gasteiger partial charge in [0.05, 0.1) is 11.1 Å². The van der Waals surface area contributed by atoms with Crippen LogP contribution in [0.25, 0.3) is 0 Å². The zero-order valence-electron chi connectivity index (χ0n) is 14.3. The lowest BCUT2D eigenvalue weighted by Crippen LogP contribution is -2.45. The first-order valence-corrected chi connectivity index (χ1v) is 8.94. The second-order valence-corrected chi connectivity index (χ2v) is 6.65. The Bertz CT molecular complexity index is 630. The standard InChI is InChI=1S/C17H19ClF6N2O/c18-10-15(27)26-6-2-1-3-14(26)4-5-25-13-8-11(16(19,20)21)7-12(9-13)17(22,23)24/h7-9,14,25H,1-6,10H2/t14-/m1/s1. The lowest BCUT2D eigenvalue weighted by atomic mass is 9.99. The van der Waals surface area contributed by atoms with Gasteiger partial charge in [0.25, 0.3) is 0 Å². The van der Waals surface area contributed by atoms with Crippen molar-refractivity contribution in [2.45, 2.75) is 44.1 Å². The fourth-order valence-corrected chi connectivity index (χ4v) is 3.30. The van der Waals surface area contributed by atoms with Crippen LogP contribution in [0.3, 0.4) is 0 Å². The number of rotatable bonds is 5. The summed E-state index contributed by atoms with van der Waals surface area (Å²) in [4.78, 5) is 13.5. The highest BCUT2D eigenvalue weighted by Crippen LogP contribution is 2.37. The molecule has 1 aromatic rings. The van der Waals surface area contributed by atoms with Crippen LogP contribution in [0.15, 0.2) is 18.2 Å². The Kier molecular flexibility index (Phi) is 6.88.